The molecule has 0 aliphatic heterocycles. The zero-order valence-corrected chi connectivity index (χ0v) is 17.6. The molecule has 11 heteroatoms. The number of halogens is 2. The van der Waals surface area contributed by atoms with Crippen molar-refractivity contribution >= 4 is 40.6 Å². The van der Waals surface area contributed by atoms with Crippen molar-refractivity contribution in [2.75, 3.05) is 25.0 Å². The molecule has 0 aliphatic rings. The van der Waals surface area contributed by atoms with Crippen LogP contribution < -0.4 is 25.8 Å². The van der Waals surface area contributed by atoms with E-state index in [-0.39, 0.29) is 34.1 Å². The molecule has 1 heterocycles. The number of thiocarbonyl (C=S) groups is 1. The summed E-state index contributed by atoms with van der Waals surface area (Å²) in [7, 11) is 0. The molecule has 0 aliphatic carbocycles. The summed E-state index contributed by atoms with van der Waals surface area (Å²) in [6, 6.07) is 5.82. The SMILES string of the molecule is NCCCCNC(=S)Nc1cc(OCc2cccnc2OCC(=O)O)c(Cl)cc1F. The summed E-state index contributed by atoms with van der Waals surface area (Å²) in [5.41, 5.74) is 6.04. The van der Waals surface area contributed by atoms with Crippen molar-refractivity contribution in [2.24, 2.45) is 5.73 Å². The fourth-order valence-electron chi connectivity index (χ4n) is 2.32. The molecule has 0 saturated carbocycles. The third kappa shape index (κ3) is 7.62. The Kier molecular flexibility index (Phi) is 9.52. The van der Waals surface area contributed by atoms with Gasteiger partial charge in [0.2, 0.25) is 5.88 Å². The molecule has 0 fully saturated rings. The van der Waals surface area contributed by atoms with Gasteiger partial charge in [0.15, 0.2) is 11.7 Å². The highest BCUT2D eigenvalue weighted by molar-refractivity contribution is 7.80. The molecule has 2 aromatic rings. The van der Waals surface area contributed by atoms with Crippen LogP contribution in [-0.4, -0.2) is 40.9 Å². The fraction of sp³-hybridized carbons (Fsp3) is 0.316. The molecule has 162 valence electrons. The topological polar surface area (TPSA) is 119 Å². The van der Waals surface area contributed by atoms with Crippen LogP contribution in [0.3, 0.4) is 0 Å². The van der Waals surface area contributed by atoms with E-state index in [0.717, 1.165) is 18.9 Å². The first-order chi connectivity index (χ1) is 14.4. The quantitative estimate of drug-likeness (QED) is 0.299. The summed E-state index contributed by atoms with van der Waals surface area (Å²) < 4.78 is 25.1. The van der Waals surface area contributed by atoms with Gasteiger partial charge >= 0.3 is 5.97 Å². The molecule has 0 saturated heterocycles. The van der Waals surface area contributed by atoms with Crippen molar-refractivity contribution in [3.63, 3.8) is 0 Å². The Morgan fingerprint density at radius 3 is 2.87 bits per heavy atom. The van der Waals surface area contributed by atoms with Crippen molar-refractivity contribution in [1.82, 2.24) is 10.3 Å². The maximum Gasteiger partial charge on any atom is 0.341 e. The van der Waals surface area contributed by atoms with Crippen molar-refractivity contribution in [3.05, 3.63) is 46.9 Å². The summed E-state index contributed by atoms with van der Waals surface area (Å²) >= 11 is 11.3. The van der Waals surface area contributed by atoms with E-state index in [1.54, 1.807) is 12.1 Å². The van der Waals surface area contributed by atoms with E-state index in [2.05, 4.69) is 15.6 Å². The van der Waals surface area contributed by atoms with Crippen LogP contribution in [0, 0.1) is 5.82 Å². The second kappa shape index (κ2) is 12.1. The minimum absolute atomic E-state index is 0.0185. The summed E-state index contributed by atoms with van der Waals surface area (Å²) in [6.07, 6.45) is 3.16. The van der Waals surface area contributed by atoms with E-state index in [1.807, 2.05) is 0 Å². The van der Waals surface area contributed by atoms with Crippen molar-refractivity contribution in [3.8, 4) is 11.6 Å². The van der Waals surface area contributed by atoms with Crippen LogP contribution in [0.1, 0.15) is 18.4 Å². The zero-order chi connectivity index (χ0) is 21.9. The van der Waals surface area contributed by atoms with Gasteiger partial charge in [0.25, 0.3) is 0 Å². The number of aliphatic carboxylic acids is 1. The molecule has 8 nitrogen and oxygen atoms in total. The molecular formula is C19H22ClFN4O4S. The van der Waals surface area contributed by atoms with Gasteiger partial charge in [-0.1, -0.05) is 11.6 Å². The van der Waals surface area contributed by atoms with Gasteiger partial charge in [-0.25, -0.2) is 14.2 Å². The molecule has 5 N–H and O–H groups in total. The van der Waals surface area contributed by atoms with Crippen LogP contribution in [-0.2, 0) is 11.4 Å². The van der Waals surface area contributed by atoms with Crippen molar-refractivity contribution in [2.45, 2.75) is 19.4 Å². The first kappa shape index (κ1) is 23.6. The number of ether oxygens (including phenoxy) is 2. The third-order valence-electron chi connectivity index (χ3n) is 3.75. The summed E-state index contributed by atoms with van der Waals surface area (Å²) in [5, 5.41) is 14.8. The van der Waals surface area contributed by atoms with Crippen LogP contribution in [0.2, 0.25) is 5.02 Å². The number of aromatic nitrogens is 1. The van der Waals surface area contributed by atoms with Crippen molar-refractivity contribution < 1.29 is 23.8 Å². The molecular weight excluding hydrogens is 435 g/mol. The number of rotatable bonds is 11. The van der Waals surface area contributed by atoms with Gasteiger partial charge in [-0.2, -0.15) is 0 Å². The summed E-state index contributed by atoms with van der Waals surface area (Å²) in [4.78, 5) is 14.7. The lowest BCUT2D eigenvalue weighted by atomic mass is 10.2. The lowest BCUT2D eigenvalue weighted by molar-refractivity contribution is -0.139. The first-order valence-corrected chi connectivity index (χ1v) is 9.84. The average Bonchev–Trinajstić information content (AvgIpc) is 2.71. The Balaban J connectivity index is 2.04. The molecule has 30 heavy (non-hydrogen) atoms. The Bertz CT molecular complexity index is 888. The van der Waals surface area contributed by atoms with Gasteiger partial charge in [0.05, 0.1) is 16.3 Å². The third-order valence-corrected chi connectivity index (χ3v) is 4.29. The molecule has 0 unspecified atom stereocenters. The fourth-order valence-corrected chi connectivity index (χ4v) is 2.74. The zero-order valence-electron chi connectivity index (χ0n) is 16.0. The minimum atomic E-state index is -1.13. The lowest BCUT2D eigenvalue weighted by Crippen LogP contribution is -2.29. The molecule has 1 aromatic heterocycles. The predicted octanol–water partition coefficient (Wildman–Crippen LogP) is 2.94. The number of unbranched alkanes of at least 4 members (excludes halogenated alkanes) is 1. The van der Waals surface area contributed by atoms with Crippen molar-refractivity contribution in [1.29, 1.82) is 0 Å². The molecule has 0 bridgehead atoms. The average molecular weight is 457 g/mol. The molecule has 2 rings (SSSR count). The lowest BCUT2D eigenvalue weighted by Gasteiger charge is -2.15. The number of carbonyl (C=O) groups is 1. The second-order valence-corrected chi connectivity index (χ2v) is 6.89. The first-order valence-electron chi connectivity index (χ1n) is 9.06. The Hall–Kier alpha value is -2.69. The number of hydrogen-bond donors (Lipinski definition) is 4. The normalized spacial score (nSPS) is 10.4. The molecule has 0 spiro atoms. The number of nitrogens with one attached hydrogen (secondary N) is 2. The highest BCUT2D eigenvalue weighted by Crippen LogP contribution is 2.31. The highest BCUT2D eigenvalue weighted by atomic mass is 35.5. The monoisotopic (exact) mass is 456 g/mol. The van der Waals surface area contributed by atoms with E-state index >= 15 is 0 Å². The van der Waals surface area contributed by atoms with E-state index in [4.69, 9.17) is 44.1 Å². The van der Waals surface area contributed by atoms with E-state index in [0.29, 0.717) is 18.7 Å². The Morgan fingerprint density at radius 2 is 2.13 bits per heavy atom. The number of anilines is 1. The number of hydrogen-bond acceptors (Lipinski definition) is 6. The Morgan fingerprint density at radius 1 is 1.33 bits per heavy atom. The van der Waals surface area contributed by atoms with E-state index < -0.39 is 18.4 Å². The minimum Gasteiger partial charge on any atom is -0.487 e. The van der Waals surface area contributed by atoms with Crippen LogP contribution in [0.25, 0.3) is 0 Å². The second-order valence-electron chi connectivity index (χ2n) is 6.08. The number of nitrogens with zero attached hydrogens (tertiary/aromatic N) is 1. The molecule has 0 radical (unpaired) electrons. The highest BCUT2D eigenvalue weighted by Gasteiger charge is 2.13. The number of benzene rings is 1. The van der Waals surface area contributed by atoms with Crippen LogP contribution in [0.15, 0.2) is 30.5 Å². The van der Waals surface area contributed by atoms with E-state index in [9.17, 15) is 9.18 Å². The van der Waals surface area contributed by atoms with Crippen LogP contribution >= 0.6 is 23.8 Å². The molecule has 1 aromatic carbocycles. The predicted molar refractivity (Wildman–Crippen MR) is 116 cm³/mol. The largest absolute Gasteiger partial charge is 0.487 e. The van der Waals surface area contributed by atoms with Gasteiger partial charge < -0.3 is 30.9 Å². The number of nitrogens with two attached hydrogens (primary N) is 1. The molecule has 0 atom stereocenters. The van der Waals surface area contributed by atoms with Gasteiger partial charge in [-0.3, -0.25) is 0 Å². The number of carboxylic acids is 1. The van der Waals surface area contributed by atoms with Gasteiger partial charge in [-0.15, -0.1) is 0 Å². The maximum absolute atomic E-state index is 14.2. The smallest absolute Gasteiger partial charge is 0.341 e. The maximum atomic E-state index is 14.2. The van der Waals surface area contributed by atoms with Crippen LogP contribution in [0.5, 0.6) is 11.6 Å². The van der Waals surface area contributed by atoms with E-state index in [1.165, 1.54) is 12.3 Å². The van der Waals surface area contributed by atoms with Gasteiger partial charge in [0, 0.05) is 18.8 Å². The van der Waals surface area contributed by atoms with Crippen LogP contribution in [0.4, 0.5) is 10.1 Å². The summed E-state index contributed by atoms with van der Waals surface area (Å²) in [6.45, 7) is 0.649. The van der Waals surface area contributed by atoms with Gasteiger partial charge in [0.1, 0.15) is 18.2 Å². The van der Waals surface area contributed by atoms with Gasteiger partial charge in [-0.05, 0) is 49.8 Å². The number of carboxylic acid groups (broad SMARTS) is 1. The standard InChI is InChI=1S/C19H22ClFN4O4S/c20-13-8-14(21)15(25-19(30)24-6-2-1-5-22)9-16(13)28-10-12-4-3-7-23-18(12)29-11-17(26)27/h3-4,7-9H,1-2,5-6,10-11,22H2,(H,26,27)(H2,24,25,30). The number of pyridine rings is 1. The molecule has 0 amide bonds. The Labute approximate surface area is 183 Å². The summed E-state index contributed by atoms with van der Waals surface area (Å²) in [5.74, 6) is -1.39.